The number of thiazole rings is 1. The van der Waals surface area contributed by atoms with Crippen molar-refractivity contribution in [1.82, 2.24) is 19.5 Å². The first-order valence-electron chi connectivity index (χ1n) is 5.35. The molecular weight excluding hydrogens is 270 g/mol. The fraction of sp³-hybridized carbons (Fsp3) is 0.400. The van der Waals surface area contributed by atoms with Gasteiger partial charge in [-0.1, -0.05) is 11.4 Å². The third-order valence-corrected chi connectivity index (χ3v) is 3.95. The van der Waals surface area contributed by atoms with Gasteiger partial charge in [0, 0.05) is 42.6 Å². The maximum absolute atomic E-state index is 11.9. The molecule has 0 fully saturated rings. The minimum Gasteiger partial charge on any atom is -0.327 e. The molecule has 0 bridgehead atoms. The van der Waals surface area contributed by atoms with Gasteiger partial charge in [0.25, 0.3) is 0 Å². The van der Waals surface area contributed by atoms with Crippen LogP contribution in [0.4, 0.5) is 9.80 Å². The predicted molar refractivity (Wildman–Crippen MR) is 72.1 cm³/mol. The number of anilines is 1. The van der Waals surface area contributed by atoms with Gasteiger partial charge in [0.2, 0.25) is 0 Å². The molecule has 2 aromatic rings. The topological polar surface area (TPSA) is 71.0 Å². The van der Waals surface area contributed by atoms with E-state index in [1.807, 2.05) is 5.38 Å². The monoisotopic (exact) mass is 283 g/mol. The van der Waals surface area contributed by atoms with Gasteiger partial charge >= 0.3 is 6.03 Å². The minimum atomic E-state index is -0.163. The fourth-order valence-corrected chi connectivity index (χ4v) is 2.57. The van der Waals surface area contributed by atoms with Crippen molar-refractivity contribution >= 4 is 33.9 Å². The van der Waals surface area contributed by atoms with E-state index in [9.17, 15) is 4.79 Å². The number of carbonyl (C=O) groups is 1. The van der Waals surface area contributed by atoms with Crippen LogP contribution >= 0.6 is 22.9 Å². The molecule has 18 heavy (non-hydrogen) atoms. The Kier molecular flexibility index (Phi) is 4.21. The predicted octanol–water partition coefficient (Wildman–Crippen LogP) is 2.26. The van der Waals surface area contributed by atoms with Gasteiger partial charge in [-0.15, -0.1) is 16.4 Å². The van der Waals surface area contributed by atoms with E-state index in [0.29, 0.717) is 11.5 Å². The zero-order valence-electron chi connectivity index (χ0n) is 10.0. The second-order valence-electron chi connectivity index (χ2n) is 3.86. The number of nitrogens with zero attached hydrogens (tertiary/aromatic N) is 4. The van der Waals surface area contributed by atoms with Crippen molar-refractivity contribution in [2.24, 2.45) is 0 Å². The lowest BCUT2D eigenvalue weighted by molar-refractivity contribution is 0.220. The number of nitrogens with one attached hydrogen (secondary N) is 1. The van der Waals surface area contributed by atoms with Crippen molar-refractivity contribution in [3.63, 3.8) is 0 Å². The van der Waals surface area contributed by atoms with E-state index in [1.54, 1.807) is 29.5 Å². The Balaban J connectivity index is 1.87. The van der Waals surface area contributed by atoms with Crippen LogP contribution in [0.1, 0.15) is 17.8 Å². The Morgan fingerprint density at radius 2 is 2.44 bits per heavy atom. The molecule has 1 atom stereocenters. The highest BCUT2D eigenvalue weighted by atomic mass is 32.1. The van der Waals surface area contributed by atoms with Crippen LogP contribution in [0, 0.1) is 0 Å². The first-order chi connectivity index (χ1) is 8.66. The Labute approximate surface area is 113 Å². The zero-order valence-corrected chi connectivity index (χ0v) is 11.7. The SMILES string of the molecule is C[C@@H](CN(C)C(=O)Nc1cnns1)c1nccs1. The molecular formula is C10H13N5OS2. The molecule has 0 aliphatic heterocycles. The van der Waals surface area contributed by atoms with Gasteiger partial charge in [0.05, 0.1) is 11.2 Å². The van der Waals surface area contributed by atoms with Crippen LogP contribution in [0.25, 0.3) is 0 Å². The smallest absolute Gasteiger partial charge is 0.322 e. The Morgan fingerprint density at radius 1 is 1.61 bits per heavy atom. The summed E-state index contributed by atoms with van der Waals surface area (Å²) in [5, 5.41) is 10.0. The second kappa shape index (κ2) is 5.87. The zero-order chi connectivity index (χ0) is 13.0. The molecule has 0 aliphatic carbocycles. The van der Waals surface area contributed by atoms with Crippen LogP contribution in [0.5, 0.6) is 0 Å². The van der Waals surface area contributed by atoms with Crippen molar-refractivity contribution in [2.75, 3.05) is 18.9 Å². The standard InChI is InChI=1S/C10H13N5OS2/c1-7(9-11-3-4-17-9)6-15(2)10(16)13-8-5-12-14-18-8/h3-5,7H,6H2,1-2H3,(H,13,16)/t7-/m0/s1. The minimum absolute atomic E-state index is 0.163. The van der Waals surface area contributed by atoms with Crippen LogP contribution in [-0.2, 0) is 0 Å². The van der Waals surface area contributed by atoms with Crippen molar-refractivity contribution in [3.05, 3.63) is 22.8 Å². The number of rotatable bonds is 4. The Bertz CT molecular complexity index is 484. The van der Waals surface area contributed by atoms with E-state index in [-0.39, 0.29) is 11.9 Å². The van der Waals surface area contributed by atoms with Gasteiger partial charge in [-0.05, 0) is 0 Å². The van der Waals surface area contributed by atoms with Crippen LogP contribution in [0.15, 0.2) is 17.8 Å². The summed E-state index contributed by atoms with van der Waals surface area (Å²) in [5.74, 6) is 0.223. The average molecular weight is 283 g/mol. The van der Waals surface area contributed by atoms with E-state index in [2.05, 4.69) is 26.8 Å². The van der Waals surface area contributed by atoms with Gasteiger partial charge in [0.15, 0.2) is 0 Å². The first-order valence-corrected chi connectivity index (χ1v) is 7.01. The lowest BCUT2D eigenvalue weighted by Crippen LogP contribution is -2.33. The summed E-state index contributed by atoms with van der Waals surface area (Å²) in [6.07, 6.45) is 3.31. The summed E-state index contributed by atoms with van der Waals surface area (Å²) < 4.78 is 3.69. The number of aromatic nitrogens is 3. The van der Waals surface area contributed by atoms with E-state index >= 15 is 0 Å². The number of likely N-dealkylation sites (N-methyl/N-ethyl adjacent to an activating group) is 1. The summed E-state index contributed by atoms with van der Waals surface area (Å²) in [6.45, 7) is 2.67. The van der Waals surface area contributed by atoms with Crippen LogP contribution in [-0.4, -0.2) is 39.1 Å². The van der Waals surface area contributed by atoms with Crippen LogP contribution < -0.4 is 5.32 Å². The van der Waals surface area contributed by atoms with Gasteiger partial charge in [-0.25, -0.2) is 9.78 Å². The summed E-state index contributed by atoms with van der Waals surface area (Å²) in [4.78, 5) is 17.7. The summed E-state index contributed by atoms with van der Waals surface area (Å²) in [7, 11) is 1.76. The number of carbonyl (C=O) groups excluding carboxylic acids is 1. The lowest BCUT2D eigenvalue weighted by atomic mass is 10.2. The van der Waals surface area contributed by atoms with E-state index in [1.165, 1.54) is 6.20 Å². The molecule has 0 unspecified atom stereocenters. The summed E-state index contributed by atoms with van der Waals surface area (Å²) >= 11 is 2.76. The van der Waals surface area contributed by atoms with Crippen molar-refractivity contribution in [2.45, 2.75) is 12.8 Å². The maximum Gasteiger partial charge on any atom is 0.322 e. The molecule has 0 saturated carbocycles. The molecule has 6 nitrogen and oxygen atoms in total. The van der Waals surface area contributed by atoms with Crippen molar-refractivity contribution in [1.29, 1.82) is 0 Å². The molecule has 2 heterocycles. The van der Waals surface area contributed by atoms with E-state index in [0.717, 1.165) is 16.5 Å². The number of hydrogen-bond acceptors (Lipinski definition) is 6. The van der Waals surface area contributed by atoms with Gasteiger partial charge < -0.3 is 4.90 Å². The molecule has 0 radical (unpaired) electrons. The fourth-order valence-electron chi connectivity index (χ4n) is 1.47. The number of urea groups is 1. The first kappa shape index (κ1) is 12.9. The van der Waals surface area contributed by atoms with Crippen LogP contribution in [0.2, 0.25) is 0 Å². The summed E-state index contributed by atoms with van der Waals surface area (Å²) in [6, 6.07) is -0.163. The third-order valence-electron chi connectivity index (χ3n) is 2.36. The number of hydrogen-bond donors (Lipinski definition) is 1. The molecule has 2 aromatic heterocycles. The number of amides is 2. The molecule has 2 amide bonds. The normalized spacial score (nSPS) is 12.1. The van der Waals surface area contributed by atoms with E-state index in [4.69, 9.17) is 0 Å². The molecule has 0 spiro atoms. The lowest BCUT2D eigenvalue weighted by Gasteiger charge is -2.20. The van der Waals surface area contributed by atoms with Gasteiger partial charge in [-0.2, -0.15) is 0 Å². The molecule has 0 aliphatic rings. The molecule has 0 saturated heterocycles. The second-order valence-corrected chi connectivity index (χ2v) is 5.58. The van der Waals surface area contributed by atoms with Crippen molar-refractivity contribution in [3.8, 4) is 0 Å². The Morgan fingerprint density at radius 3 is 3.06 bits per heavy atom. The van der Waals surface area contributed by atoms with Gasteiger partial charge in [0.1, 0.15) is 5.00 Å². The largest absolute Gasteiger partial charge is 0.327 e. The molecule has 1 N–H and O–H groups in total. The summed E-state index contributed by atoms with van der Waals surface area (Å²) in [5.41, 5.74) is 0. The average Bonchev–Trinajstić information content (AvgIpc) is 3.01. The highest BCUT2D eigenvalue weighted by Gasteiger charge is 2.15. The van der Waals surface area contributed by atoms with E-state index < -0.39 is 0 Å². The third kappa shape index (κ3) is 3.23. The highest BCUT2D eigenvalue weighted by molar-refractivity contribution is 7.10. The molecule has 8 heteroatoms. The Hall–Kier alpha value is -1.54. The van der Waals surface area contributed by atoms with Crippen LogP contribution in [0.3, 0.4) is 0 Å². The molecule has 0 aromatic carbocycles. The maximum atomic E-state index is 11.9. The quantitative estimate of drug-likeness (QED) is 0.934. The van der Waals surface area contributed by atoms with Crippen molar-refractivity contribution < 1.29 is 4.79 Å². The molecule has 96 valence electrons. The highest BCUT2D eigenvalue weighted by Crippen LogP contribution is 2.18. The van der Waals surface area contributed by atoms with Gasteiger partial charge in [-0.3, -0.25) is 5.32 Å². The molecule has 2 rings (SSSR count).